The summed E-state index contributed by atoms with van der Waals surface area (Å²) in [6.45, 7) is 26.4. The first-order chi connectivity index (χ1) is 11.8. The number of carbonyl (C=O) groups is 1. The number of phenolic OH excluding ortho intramolecular Hbond substituents is 1. The molecule has 1 N–H and O–H groups in total. The van der Waals surface area contributed by atoms with Crippen LogP contribution in [0, 0.1) is 0 Å². The highest BCUT2D eigenvalue weighted by Crippen LogP contribution is 2.40. The molecule has 0 aliphatic rings. The smallest absolute Gasteiger partial charge is 0.145 e. The van der Waals surface area contributed by atoms with Crippen LogP contribution < -0.4 is 0 Å². The largest absolute Gasteiger partial charge is 0.507 e. The Bertz CT molecular complexity index is 586. The van der Waals surface area contributed by atoms with Gasteiger partial charge in [0.15, 0.2) is 0 Å². The molecule has 0 saturated heterocycles. The molecule has 1 rings (SSSR count). The molecule has 148 valence electrons. The van der Waals surface area contributed by atoms with E-state index in [4.69, 9.17) is 0 Å². The highest BCUT2D eigenvalue weighted by molar-refractivity contribution is 5.71. The first-order valence-electron chi connectivity index (χ1n) is 9.37. The first kappa shape index (κ1) is 26.4. The van der Waals surface area contributed by atoms with Crippen molar-refractivity contribution < 1.29 is 9.90 Å². The van der Waals surface area contributed by atoms with Gasteiger partial charge in [0.25, 0.3) is 0 Å². The van der Waals surface area contributed by atoms with Gasteiger partial charge in [-0.3, -0.25) is 4.79 Å². The number of aldehydes is 1. The lowest BCUT2D eigenvalue weighted by Crippen LogP contribution is -2.17. The number of allylic oxidation sites excluding steroid dienone is 3. The molecule has 1 aromatic rings. The lowest BCUT2D eigenvalue weighted by molar-refractivity contribution is -0.104. The van der Waals surface area contributed by atoms with Crippen molar-refractivity contribution in [2.24, 2.45) is 0 Å². The molecular weight excluding hydrogens is 320 g/mol. The minimum absolute atomic E-state index is 0.0739. The topological polar surface area (TPSA) is 37.3 Å². The van der Waals surface area contributed by atoms with Gasteiger partial charge in [-0.15, -0.1) is 0 Å². The molecule has 0 aliphatic heterocycles. The Balaban J connectivity index is 0. The van der Waals surface area contributed by atoms with Gasteiger partial charge in [0.1, 0.15) is 12.0 Å². The number of rotatable bonds is 2. The number of benzene rings is 1. The van der Waals surface area contributed by atoms with Crippen molar-refractivity contribution in [3.8, 4) is 5.75 Å². The van der Waals surface area contributed by atoms with Gasteiger partial charge in [0.2, 0.25) is 0 Å². The van der Waals surface area contributed by atoms with Crippen molar-refractivity contribution in [1.82, 2.24) is 0 Å². The van der Waals surface area contributed by atoms with E-state index >= 15 is 0 Å². The molecule has 0 heterocycles. The third-order valence-electron chi connectivity index (χ3n) is 3.86. The monoisotopic (exact) mass is 360 g/mol. The average Bonchev–Trinajstić information content (AvgIpc) is 2.54. The molecule has 0 fully saturated rings. The fourth-order valence-corrected chi connectivity index (χ4v) is 2.09. The predicted octanol–water partition coefficient (Wildman–Crippen LogP) is 7.20. The third kappa shape index (κ3) is 8.51. The molecule has 0 saturated carbocycles. The normalized spacial score (nSPS) is 11.6. The van der Waals surface area contributed by atoms with E-state index in [9.17, 15) is 9.90 Å². The van der Waals surface area contributed by atoms with E-state index < -0.39 is 0 Å². The molecule has 1 aromatic carbocycles. The SMILES string of the molecule is C/C=C(\C)C=O.C=C(C)c1cc(C(C)(C)C)c(O)c(C(C)(C)C)c1.CC. The molecule has 2 heteroatoms. The van der Waals surface area contributed by atoms with Crippen LogP contribution in [0.4, 0.5) is 0 Å². The summed E-state index contributed by atoms with van der Waals surface area (Å²) in [5.41, 5.74) is 4.77. The fraction of sp³-hybridized carbons (Fsp3) is 0.542. The summed E-state index contributed by atoms with van der Waals surface area (Å²) in [6, 6.07) is 4.12. The summed E-state index contributed by atoms with van der Waals surface area (Å²) in [7, 11) is 0. The van der Waals surface area contributed by atoms with Crippen LogP contribution in [0.5, 0.6) is 5.75 Å². The number of phenols is 1. The average molecular weight is 361 g/mol. The summed E-state index contributed by atoms with van der Waals surface area (Å²) in [5, 5.41) is 10.5. The summed E-state index contributed by atoms with van der Waals surface area (Å²) >= 11 is 0. The second kappa shape index (κ2) is 11.0. The van der Waals surface area contributed by atoms with Crippen molar-refractivity contribution in [2.75, 3.05) is 0 Å². The van der Waals surface area contributed by atoms with Gasteiger partial charge >= 0.3 is 0 Å². The van der Waals surface area contributed by atoms with Crippen molar-refractivity contribution >= 4 is 11.9 Å². The van der Waals surface area contributed by atoms with Crippen LogP contribution in [0.2, 0.25) is 0 Å². The van der Waals surface area contributed by atoms with Crippen molar-refractivity contribution in [2.45, 2.75) is 87.0 Å². The molecule has 0 atom stereocenters. The zero-order valence-corrected chi connectivity index (χ0v) is 18.9. The molecular formula is C24H40O2. The molecule has 26 heavy (non-hydrogen) atoms. The second-order valence-corrected chi connectivity index (χ2v) is 8.35. The summed E-state index contributed by atoms with van der Waals surface area (Å²) in [6.07, 6.45) is 2.60. The molecule has 0 aromatic heterocycles. The Morgan fingerprint density at radius 1 is 0.962 bits per heavy atom. The van der Waals surface area contributed by atoms with Crippen molar-refractivity contribution in [3.63, 3.8) is 0 Å². The number of hydrogen-bond donors (Lipinski definition) is 1. The first-order valence-corrected chi connectivity index (χ1v) is 9.37. The van der Waals surface area contributed by atoms with E-state index in [2.05, 4.69) is 60.3 Å². The Morgan fingerprint density at radius 3 is 1.46 bits per heavy atom. The Hall–Kier alpha value is -1.83. The molecule has 0 bridgehead atoms. The quantitative estimate of drug-likeness (QED) is 0.447. The predicted molar refractivity (Wildman–Crippen MR) is 117 cm³/mol. The molecule has 0 unspecified atom stereocenters. The second-order valence-electron chi connectivity index (χ2n) is 8.35. The van der Waals surface area contributed by atoms with Gasteiger partial charge in [-0.2, -0.15) is 0 Å². The Labute approximate surface area is 162 Å². The van der Waals surface area contributed by atoms with E-state index in [1.165, 1.54) is 0 Å². The fourth-order valence-electron chi connectivity index (χ4n) is 2.09. The summed E-state index contributed by atoms with van der Waals surface area (Å²) in [4.78, 5) is 9.67. The standard InChI is InChI=1S/C17H26O.C5H8O.C2H6/c1-11(2)12-9-13(16(3,4)5)15(18)14(10-12)17(6,7)8;1-3-5(2)4-6;1-2/h9-10,18H,1H2,2-8H3;3-4H,1-2H3;1-2H3/b;5-3+;. The van der Waals surface area contributed by atoms with Gasteiger partial charge in [0, 0.05) is 11.1 Å². The minimum atomic E-state index is -0.0739. The number of hydrogen-bond acceptors (Lipinski definition) is 2. The maximum Gasteiger partial charge on any atom is 0.145 e. The third-order valence-corrected chi connectivity index (χ3v) is 3.86. The molecule has 0 aliphatic carbocycles. The van der Waals surface area contributed by atoms with Crippen LogP contribution in [0.1, 0.15) is 92.9 Å². The van der Waals surface area contributed by atoms with Gasteiger partial charge in [-0.25, -0.2) is 0 Å². The maximum absolute atomic E-state index is 10.5. The van der Waals surface area contributed by atoms with Crippen LogP contribution in [0.3, 0.4) is 0 Å². The van der Waals surface area contributed by atoms with Gasteiger partial charge in [-0.05, 0) is 54.9 Å². The maximum atomic E-state index is 10.5. The number of carbonyl (C=O) groups excluding carboxylic acids is 1. The van der Waals surface area contributed by atoms with E-state index in [0.29, 0.717) is 5.75 Å². The van der Waals surface area contributed by atoms with E-state index in [1.807, 2.05) is 27.7 Å². The zero-order valence-electron chi connectivity index (χ0n) is 18.9. The number of aromatic hydroxyl groups is 1. The lowest BCUT2D eigenvalue weighted by atomic mass is 9.78. The lowest BCUT2D eigenvalue weighted by Gasteiger charge is -2.28. The highest BCUT2D eigenvalue weighted by atomic mass is 16.3. The highest BCUT2D eigenvalue weighted by Gasteiger charge is 2.26. The summed E-state index contributed by atoms with van der Waals surface area (Å²) in [5.74, 6) is 0.431. The van der Waals surface area contributed by atoms with Crippen molar-refractivity contribution in [1.29, 1.82) is 0 Å². The van der Waals surface area contributed by atoms with Crippen LogP contribution in [-0.2, 0) is 15.6 Å². The molecule has 0 spiro atoms. The van der Waals surface area contributed by atoms with Gasteiger partial charge < -0.3 is 5.11 Å². The molecule has 0 amide bonds. The van der Waals surface area contributed by atoms with Crippen LogP contribution >= 0.6 is 0 Å². The molecule has 2 nitrogen and oxygen atoms in total. The van der Waals surface area contributed by atoms with Gasteiger partial charge in [-0.1, -0.05) is 73.6 Å². The van der Waals surface area contributed by atoms with Crippen LogP contribution in [0.25, 0.3) is 5.57 Å². The Kier molecular flexibility index (Phi) is 11.2. The van der Waals surface area contributed by atoms with Gasteiger partial charge in [0.05, 0.1) is 0 Å². The Morgan fingerprint density at radius 2 is 1.31 bits per heavy atom. The van der Waals surface area contributed by atoms with E-state index in [1.54, 1.807) is 13.0 Å². The van der Waals surface area contributed by atoms with E-state index in [-0.39, 0.29) is 10.8 Å². The molecule has 0 radical (unpaired) electrons. The minimum Gasteiger partial charge on any atom is -0.507 e. The van der Waals surface area contributed by atoms with E-state index in [0.717, 1.165) is 34.1 Å². The summed E-state index contributed by atoms with van der Waals surface area (Å²) < 4.78 is 0. The van der Waals surface area contributed by atoms with Crippen molar-refractivity contribution in [3.05, 3.63) is 47.1 Å². The zero-order chi connectivity index (χ0) is 21.3. The van der Waals surface area contributed by atoms with Crippen LogP contribution in [0.15, 0.2) is 30.4 Å². The van der Waals surface area contributed by atoms with Crippen LogP contribution in [-0.4, -0.2) is 11.4 Å².